The molecule has 3 nitrogen and oxygen atoms in total. The molecule has 23 heavy (non-hydrogen) atoms. The number of halogens is 2. The van der Waals surface area contributed by atoms with Crippen LogP contribution in [0.2, 0.25) is 5.02 Å². The Bertz CT molecular complexity index is 528. The summed E-state index contributed by atoms with van der Waals surface area (Å²) in [5, 5.41) is 3.13. The van der Waals surface area contributed by atoms with Gasteiger partial charge in [-0.15, -0.1) is 0 Å². The molecule has 1 N–H and O–H groups in total. The summed E-state index contributed by atoms with van der Waals surface area (Å²) in [6.07, 6.45) is 3.25. The van der Waals surface area contributed by atoms with Crippen LogP contribution in [0.1, 0.15) is 43.5 Å². The third kappa shape index (κ3) is 5.78. The standard InChI is InChI=1S/C18H26ClFN2O/c1-13-9-14(2)12-22(11-13)8-4-3-7-21-18(23)16-10-15(19)5-6-17(16)20/h5-6,10,13-14H,3-4,7-9,11-12H2,1-2H3,(H,21,23)/t13-,14-/m0/s1. The Morgan fingerprint density at radius 3 is 2.70 bits per heavy atom. The number of benzene rings is 1. The van der Waals surface area contributed by atoms with E-state index in [2.05, 4.69) is 24.1 Å². The average molecular weight is 341 g/mol. The van der Waals surface area contributed by atoms with E-state index in [4.69, 9.17) is 11.6 Å². The van der Waals surface area contributed by atoms with Gasteiger partial charge in [0.2, 0.25) is 0 Å². The van der Waals surface area contributed by atoms with Gasteiger partial charge in [-0.25, -0.2) is 4.39 Å². The molecule has 0 aliphatic carbocycles. The number of piperidine rings is 1. The minimum absolute atomic E-state index is 0.0104. The van der Waals surface area contributed by atoms with Crippen LogP contribution in [0.4, 0.5) is 4.39 Å². The lowest BCUT2D eigenvalue weighted by Gasteiger charge is -2.34. The van der Waals surface area contributed by atoms with Crippen LogP contribution in [0.3, 0.4) is 0 Å². The monoisotopic (exact) mass is 340 g/mol. The molecule has 0 bridgehead atoms. The molecule has 0 saturated carbocycles. The average Bonchev–Trinajstić information content (AvgIpc) is 2.48. The van der Waals surface area contributed by atoms with Crippen molar-refractivity contribution in [1.29, 1.82) is 0 Å². The highest BCUT2D eigenvalue weighted by Gasteiger charge is 2.21. The van der Waals surface area contributed by atoms with Gasteiger partial charge in [-0.3, -0.25) is 4.79 Å². The highest BCUT2D eigenvalue weighted by molar-refractivity contribution is 6.30. The molecular weight excluding hydrogens is 315 g/mol. The van der Waals surface area contributed by atoms with E-state index in [9.17, 15) is 9.18 Å². The van der Waals surface area contributed by atoms with Crippen molar-refractivity contribution in [3.8, 4) is 0 Å². The molecule has 1 aromatic carbocycles. The second kappa shape index (κ2) is 8.65. The number of hydrogen-bond acceptors (Lipinski definition) is 2. The van der Waals surface area contributed by atoms with Crippen molar-refractivity contribution >= 4 is 17.5 Å². The van der Waals surface area contributed by atoms with Gasteiger partial charge in [0.05, 0.1) is 5.56 Å². The van der Waals surface area contributed by atoms with Crippen LogP contribution >= 0.6 is 11.6 Å². The molecule has 2 rings (SSSR count). The number of hydrogen-bond donors (Lipinski definition) is 1. The van der Waals surface area contributed by atoms with Crippen LogP contribution in [-0.2, 0) is 0 Å². The molecule has 0 radical (unpaired) electrons. The zero-order chi connectivity index (χ0) is 16.8. The molecule has 1 aliphatic rings. The van der Waals surface area contributed by atoms with E-state index >= 15 is 0 Å². The summed E-state index contributed by atoms with van der Waals surface area (Å²) in [4.78, 5) is 14.5. The molecule has 1 aliphatic heterocycles. The maximum Gasteiger partial charge on any atom is 0.254 e. The van der Waals surface area contributed by atoms with Crippen LogP contribution in [0.15, 0.2) is 18.2 Å². The largest absolute Gasteiger partial charge is 0.352 e. The normalized spacial score (nSPS) is 22.1. The zero-order valence-electron chi connectivity index (χ0n) is 13.9. The van der Waals surface area contributed by atoms with Gasteiger partial charge < -0.3 is 10.2 Å². The smallest absolute Gasteiger partial charge is 0.254 e. The van der Waals surface area contributed by atoms with E-state index in [-0.39, 0.29) is 5.56 Å². The summed E-state index contributed by atoms with van der Waals surface area (Å²) in [5.74, 6) is 0.599. The number of unbranched alkanes of at least 4 members (excludes halogenated alkanes) is 1. The van der Waals surface area contributed by atoms with Crippen LogP contribution in [0, 0.1) is 17.7 Å². The molecule has 0 spiro atoms. The Morgan fingerprint density at radius 2 is 2.00 bits per heavy atom. The summed E-state index contributed by atoms with van der Waals surface area (Å²) in [6, 6.07) is 4.02. The third-order valence-electron chi connectivity index (χ3n) is 4.30. The van der Waals surface area contributed by atoms with Crippen molar-refractivity contribution in [1.82, 2.24) is 10.2 Å². The molecule has 0 aromatic heterocycles. The SMILES string of the molecule is C[C@H]1C[C@H](C)CN(CCCCNC(=O)c2cc(Cl)ccc2F)C1. The highest BCUT2D eigenvalue weighted by Crippen LogP contribution is 2.21. The molecule has 1 saturated heterocycles. The Kier molecular flexibility index (Phi) is 6.85. The first-order valence-corrected chi connectivity index (χ1v) is 8.79. The second-order valence-corrected chi connectivity index (χ2v) is 7.23. The van der Waals surface area contributed by atoms with Gasteiger partial charge in [0.1, 0.15) is 5.82 Å². The van der Waals surface area contributed by atoms with E-state index in [1.54, 1.807) is 0 Å². The summed E-state index contributed by atoms with van der Waals surface area (Å²) in [7, 11) is 0. The van der Waals surface area contributed by atoms with Crippen LogP contribution < -0.4 is 5.32 Å². The summed E-state index contributed by atoms with van der Waals surface area (Å²) < 4.78 is 13.6. The quantitative estimate of drug-likeness (QED) is 0.795. The molecule has 128 valence electrons. The Hall–Kier alpha value is -1.13. The lowest BCUT2D eigenvalue weighted by molar-refractivity contribution is 0.0947. The maximum atomic E-state index is 13.6. The zero-order valence-corrected chi connectivity index (χ0v) is 14.7. The number of likely N-dealkylation sites (tertiary alicyclic amines) is 1. The van der Waals surface area contributed by atoms with Gasteiger partial charge in [-0.05, 0) is 55.8 Å². The number of carbonyl (C=O) groups excluding carboxylic acids is 1. The summed E-state index contributed by atoms with van der Waals surface area (Å²) in [6.45, 7) is 8.58. The fourth-order valence-corrected chi connectivity index (χ4v) is 3.58. The Morgan fingerprint density at radius 1 is 1.30 bits per heavy atom. The summed E-state index contributed by atoms with van der Waals surface area (Å²) in [5.41, 5.74) is 0.0104. The predicted molar refractivity (Wildman–Crippen MR) is 92.4 cm³/mol. The van der Waals surface area contributed by atoms with E-state index in [0.29, 0.717) is 11.6 Å². The number of nitrogens with one attached hydrogen (secondary N) is 1. The van der Waals surface area contributed by atoms with Crippen LogP contribution in [0.25, 0.3) is 0 Å². The molecule has 1 heterocycles. The van der Waals surface area contributed by atoms with Gasteiger partial charge in [-0.1, -0.05) is 25.4 Å². The summed E-state index contributed by atoms with van der Waals surface area (Å²) >= 11 is 5.80. The third-order valence-corrected chi connectivity index (χ3v) is 4.54. The van der Waals surface area contributed by atoms with E-state index < -0.39 is 11.7 Å². The Labute approximate surface area is 143 Å². The maximum absolute atomic E-state index is 13.6. The lowest BCUT2D eigenvalue weighted by Crippen LogP contribution is -2.39. The molecule has 2 atom stereocenters. The fraction of sp³-hybridized carbons (Fsp3) is 0.611. The van der Waals surface area contributed by atoms with Crippen molar-refractivity contribution in [2.45, 2.75) is 33.1 Å². The predicted octanol–water partition coefficient (Wildman–Crippen LogP) is 3.97. The topological polar surface area (TPSA) is 32.3 Å². The number of carbonyl (C=O) groups is 1. The van der Waals surface area contributed by atoms with Crippen LogP contribution in [-0.4, -0.2) is 37.0 Å². The van der Waals surface area contributed by atoms with Crippen molar-refractivity contribution < 1.29 is 9.18 Å². The van der Waals surface area contributed by atoms with Gasteiger partial charge in [0.15, 0.2) is 0 Å². The first kappa shape index (κ1) is 18.2. The van der Waals surface area contributed by atoms with Gasteiger partial charge in [0.25, 0.3) is 5.91 Å². The minimum atomic E-state index is -0.539. The molecule has 5 heteroatoms. The second-order valence-electron chi connectivity index (χ2n) is 6.79. The lowest BCUT2D eigenvalue weighted by atomic mass is 9.92. The minimum Gasteiger partial charge on any atom is -0.352 e. The molecule has 1 fully saturated rings. The van der Waals surface area contributed by atoms with Gasteiger partial charge in [-0.2, -0.15) is 0 Å². The first-order chi connectivity index (χ1) is 11.0. The molecular formula is C18H26ClFN2O. The van der Waals surface area contributed by atoms with E-state index in [1.165, 1.54) is 37.7 Å². The molecule has 0 unspecified atom stereocenters. The van der Waals surface area contributed by atoms with Crippen molar-refractivity contribution in [2.75, 3.05) is 26.2 Å². The van der Waals surface area contributed by atoms with Crippen molar-refractivity contribution in [2.24, 2.45) is 11.8 Å². The molecule has 1 amide bonds. The van der Waals surface area contributed by atoms with Crippen molar-refractivity contribution in [3.05, 3.63) is 34.6 Å². The fourth-order valence-electron chi connectivity index (χ4n) is 3.40. The number of amides is 1. The van der Waals surface area contributed by atoms with Crippen LogP contribution in [0.5, 0.6) is 0 Å². The van der Waals surface area contributed by atoms with Crippen molar-refractivity contribution in [3.63, 3.8) is 0 Å². The van der Waals surface area contributed by atoms with Gasteiger partial charge >= 0.3 is 0 Å². The Balaban J connectivity index is 1.67. The van der Waals surface area contributed by atoms with E-state index in [1.807, 2.05) is 0 Å². The molecule has 1 aromatic rings. The first-order valence-electron chi connectivity index (χ1n) is 8.41. The number of rotatable bonds is 6. The van der Waals surface area contributed by atoms with Gasteiger partial charge in [0, 0.05) is 24.7 Å². The number of nitrogens with zero attached hydrogens (tertiary/aromatic N) is 1. The van der Waals surface area contributed by atoms with E-state index in [0.717, 1.165) is 31.2 Å². The highest BCUT2D eigenvalue weighted by atomic mass is 35.5.